The van der Waals surface area contributed by atoms with E-state index in [2.05, 4.69) is 5.32 Å². The lowest BCUT2D eigenvalue weighted by atomic mass is 10.2. The summed E-state index contributed by atoms with van der Waals surface area (Å²) in [5, 5.41) is 13.5. The summed E-state index contributed by atoms with van der Waals surface area (Å²) in [5.41, 5.74) is 0.564. The molecule has 0 aliphatic carbocycles. The second-order valence-corrected chi connectivity index (χ2v) is 3.99. The van der Waals surface area contributed by atoms with Crippen LogP contribution in [0.15, 0.2) is 54.6 Å². The number of hydrogen-bond acceptors (Lipinski definition) is 4. The van der Waals surface area contributed by atoms with Gasteiger partial charge in [0.25, 0.3) is 5.91 Å². The van der Waals surface area contributed by atoms with Gasteiger partial charge in [-0.15, -0.1) is 0 Å². The first-order valence-electron chi connectivity index (χ1n) is 5.95. The highest BCUT2D eigenvalue weighted by molar-refractivity contribution is 5.92. The number of rotatable bonds is 5. The number of anilines is 1. The van der Waals surface area contributed by atoms with Crippen molar-refractivity contribution in [2.24, 2.45) is 0 Å². The zero-order chi connectivity index (χ0) is 14.4. The minimum absolute atomic E-state index is 0.0833. The second kappa shape index (κ2) is 6.38. The molecule has 0 fully saturated rings. The van der Waals surface area contributed by atoms with E-state index in [1.54, 1.807) is 36.4 Å². The van der Waals surface area contributed by atoms with Crippen molar-refractivity contribution in [3.05, 3.63) is 60.2 Å². The number of para-hydroxylation sites is 2. The molecular weight excluding hydrogens is 258 g/mol. The van der Waals surface area contributed by atoms with Gasteiger partial charge in [0.05, 0.1) is 5.97 Å². The largest absolute Gasteiger partial charge is 0.545 e. The van der Waals surface area contributed by atoms with Crippen molar-refractivity contribution in [1.29, 1.82) is 0 Å². The first-order valence-corrected chi connectivity index (χ1v) is 5.95. The zero-order valence-electron chi connectivity index (χ0n) is 10.5. The summed E-state index contributed by atoms with van der Waals surface area (Å²) in [5.74, 6) is -1.61. The SMILES string of the molecule is O=C(COc1ccccc1C(=O)[O-])Nc1ccccc1. The van der Waals surface area contributed by atoms with Gasteiger partial charge in [-0.3, -0.25) is 4.79 Å². The van der Waals surface area contributed by atoms with Crippen molar-refractivity contribution in [2.45, 2.75) is 0 Å². The number of carbonyl (C=O) groups excluding carboxylic acids is 2. The van der Waals surface area contributed by atoms with E-state index in [1.165, 1.54) is 12.1 Å². The molecule has 0 saturated heterocycles. The third kappa shape index (κ3) is 3.58. The van der Waals surface area contributed by atoms with Crippen LogP contribution in [0.2, 0.25) is 0 Å². The van der Waals surface area contributed by atoms with E-state index in [9.17, 15) is 14.7 Å². The lowest BCUT2D eigenvalue weighted by Gasteiger charge is -2.11. The Morgan fingerprint density at radius 1 is 1.00 bits per heavy atom. The number of carboxylic acid groups (broad SMARTS) is 1. The first kappa shape index (κ1) is 13.6. The summed E-state index contributed by atoms with van der Waals surface area (Å²) in [6.45, 7) is -0.279. The predicted molar refractivity (Wildman–Crippen MR) is 71.3 cm³/mol. The highest BCUT2D eigenvalue weighted by Gasteiger charge is 2.07. The minimum Gasteiger partial charge on any atom is -0.545 e. The van der Waals surface area contributed by atoms with E-state index >= 15 is 0 Å². The fraction of sp³-hybridized carbons (Fsp3) is 0.0667. The maximum Gasteiger partial charge on any atom is 0.262 e. The van der Waals surface area contributed by atoms with Crippen LogP contribution in [0, 0.1) is 0 Å². The Labute approximate surface area is 115 Å². The minimum atomic E-state index is -1.34. The molecule has 0 heterocycles. The van der Waals surface area contributed by atoms with Gasteiger partial charge < -0.3 is 20.0 Å². The molecular formula is C15H12NO4-. The van der Waals surface area contributed by atoms with Crippen molar-refractivity contribution in [1.82, 2.24) is 0 Å². The number of carboxylic acids is 1. The maximum atomic E-state index is 11.7. The van der Waals surface area contributed by atoms with Crippen LogP contribution in [0.4, 0.5) is 5.69 Å². The smallest absolute Gasteiger partial charge is 0.262 e. The Morgan fingerprint density at radius 2 is 1.65 bits per heavy atom. The number of nitrogens with one attached hydrogen (secondary N) is 1. The Bertz CT molecular complexity index is 610. The van der Waals surface area contributed by atoms with Crippen LogP contribution in [-0.4, -0.2) is 18.5 Å². The molecule has 0 atom stereocenters. The van der Waals surface area contributed by atoms with Gasteiger partial charge in [0.2, 0.25) is 0 Å². The molecule has 2 aromatic carbocycles. The fourth-order valence-electron chi connectivity index (χ4n) is 1.62. The summed E-state index contributed by atoms with van der Waals surface area (Å²) in [4.78, 5) is 22.5. The second-order valence-electron chi connectivity index (χ2n) is 3.99. The summed E-state index contributed by atoms with van der Waals surface area (Å²) >= 11 is 0. The standard InChI is InChI=1S/C15H13NO4/c17-14(16-11-6-2-1-3-7-11)10-20-13-9-5-4-8-12(13)15(18)19/h1-9H,10H2,(H,16,17)(H,18,19)/p-1. The van der Waals surface area contributed by atoms with Gasteiger partial charge in [0, 0.05) is 11.3 Å². The monoisotopic (exact) mass is 270 g/mol. The number of amides is 1. The van der Waals surface area contributed by atoms with Crippen LogP contribution < -0.4 is 15.2 Å². The Morgan fingerprint density at radius 3 is 2.35 bits per heavy atom. The molecule has 0 unspecified atom stereocenters. The van der Waals surface area contributed by atoms with Crippen LogP contribution in [0.25, 0.3) is 0 Å². The predicted octanol–water partition coefficient (Wildman–Crippen LogP) is 1.07. The molecule has 1 N–H and O–H groups in total. The van der Waals surface area contributed by atoms with Crippen LogP contribution >= 0.6 is 0 Å². The van der Waals surface area contributed by atoms with E-state index in [0.717, 1.165) is 0 Å². The van der Waals surface area contributed by atoms with Crippen LogP contribution in [0.3, 0.4) is 0 Å². The molecule has 2 aromatic rings. The van der Waals surface area contributed by atoms with Crippen molar-refractivity contribution in [3.8, 4) is 5.75 Å². The number of benzene rings is 2. The van der Waals surface area contributed by atoms with Gasteiger partial charge in [-0.25, -0.2) is 0 Å². The highest BCUT2D eigenvalue weighted by Crippen LogP contribution is 2.17. The summed E-state index contributed by atoms with van der Waals surface area (Å²) in [6, 6.07) is 14.9. The quantitative estimate of drug-likeness (QED) is 0.881. The summed E-state index contributed by atoms with van der Waals surface area (Å²) in [6.07, 6.45) is 0. The third-order valence-electron chi connectivity index (χ3n) is 2.52. The van der Waals surface area contributed by atoms with Crippen LogP contribution in [0.1, 0.15) is 10.4 Å². The van der Waals surface area contributed by atoms with Crippen molar-refractivity contribution in [3.63, 3.8) is 0 Å². The average Bonchev–Trinajstić information content (AvgIpc) is 2.46. The Balaban J connectivity index is 1.96. The van der Waals surface area contributed by atoms with Gasteiger partial charge in [-0.1, -0.05) is 30.3 Å². The first-order chi connectivity index (χ1) is 9.66. The van der Waals surface area contributed by atoms with E-state index in [0.29, 0.717) is 5.69 Å². The lowest BCUT2D eigenvalue weighted by molar-refractivity contribution is -0.255. The molecule has 0 bridgehead atoms. The molecule has 1 amide bonds. The highest BCUT2D eigenvalue weighted by atomic mass is 16.5. The third-order valence-corrected chi connectivity index (χ3v) is 2.52. The molecule has 5 heteroatoms. The van der Waals surface area contributed by atoms with Crippen molar-refractivity contribution >= 4 is 17.6 Å². The molecule has 0 aliphatic heterocycles. The summed E-state index contributed by atoms with van der Waals surface area (Å²) < 4.78 is 5.20. The number of carbonyl (C=O) groups is 2. The van der Waals surface area contributed by atoms with Crippen molar-refractivity contribution < 1.29 is 19.4 Å². The van der Waals surface area contributed by atoms with E-state index in [-0.39, 0.29) is 23.8 Å². The summed E-state index contributed by atoms with van der Waals surface area (Å²) in [7, 11) is 0. The normalized spacial score (nSPS) is 9.80. The van der Waals surface area contributed by atoms with Gasteiger partial charge in [-0.05, 0) is 24.3 Å². The molecule has 0 saturated carbocycles. The maximum absolute atomic E-state index is 11.7. The van der Waals surface area contributed by atoms with Gasteiger partial charge in [-0.2, -0.15) is 0 Å². The number of ether oxygens (including phenoxy) is 1. The Kier molecular flexibility index (Phi) is 4.34. The molecule has 5 nitrogen and oxygen atoms in total. The van der Waals surface area contributed by atoms with Crippen molar-refractivity contribution in [2.75, 3.05) is 11.9 Å². The molecule has 20 heavy (non-hydrogen) atoms. The molecule has 0 radical (unpaired) electrons. The van der Waals surface area contributed by atoms with E-state index < -0.39 is 5.97 Å². The molecule has 2 rings (SSSR count). The topological polar surface area (TPSA) is 78.5 Å². The lowest BCUT2D eigenvalue weighted by Crippen LogP contribution is -2.25. The van der Waals surface area contributed by atoms with Gasteiger partial charge >= 0.3 is 0 Å². The molecule has 0 spiro atoms. The average molecular weight is 270 g/mol. The van der Waals surface area contributed by atoms with Crippen LogP contribution in [-0.2, 0) is 4.79 Å². The fourth-order valence-corrected chi connectivity index (χ4v) is 1.62. The molecule has 102 valence electrons. The molecule has 0 aliphatic rings. The van der Waals surface area contributed by atoms with E-state index in [4.69, 9.17) is 4.74 Å². The Hall–Kier alpha value is -2.82. The van der Waals surface area contributed by atoms with Crippen LogP contribution in [0.5, 0.6) is 5.75 Å². The molecule has 0 aromatic heterocycles. The van der Waals surface area contributed by atoms with Gasteiger partial charge in [0.15, 0.2) is 6.61 Å². The number of aromatic carboxylic acids is 1. The van der Waals surface area contributed by atoms with E-state index in [1.807, 2.05) is 6.07 Å². The van der Waals surface area contributed by atoms with Gasteiger partial charge in [0.1, 0.15) is 5.75 Å². The number of hydrogen-bond donors (Lipinski definition) is 1. The zero-order valence-corrected chi connectivity index (χ0v) is 10.5.